The summed E-state index contributed by atoms with van der Waals surface area (Å²) >= 11 is 1.77. The number of nitrogens with zero attached hydrogens (tertiary/aromatic N) is 4. The Morgan fingerprint density at radius 1 is 1.16 bits per heavy atom. The van der Waals surface area contributed by atoms with Gasteiger partial charge in [-0.05, 0) is 50.0 Å². The summed E-state index contributed by atoms with van der Waals surface area (Å²) in [6.07, 6.45) is 8.93. The van der Waals surface area contributed by atoms with Gasteiger partial charge in [-0.15, -0.1) is 0 Å². The minimum absolute atomic E-state index is 0.602. The molecule has 1 fully saturated rings. The van der Waals surface area contributed by atoms with Gasteiger partial charge in [0.2, 0.25) is 0 Å². The number of aromatic nitrogens is 4. The zero-order chi connectivity index (χ0) is 17.0. The zero-order valence-corrected chi connectivity index (χ0v) is 15.3. The number of piperidine rings is 1. The number of aryl methyl sites for hydroxylation is 2. The molecule has 0 amide bonds. The summed E-state index contributed by atoms with van der Waals surface area (Å²) in [5, 5.41) is 9.15. The Hall–Kier alpha value is -2.18. The van der Waals surface area contributed by atoms with Gasteiger partial charge in [0.1, 0.15) is 0 Å². The monoisotopic (exact) mass is 351 g/mol. The zero-order valence-electron chi connectivity index (χ0n) is 14.5. The van der Waals surface area contributed by atoms with E-state index in [-0.39, 0.29) is 0 Å². The minimum atomic E-state index is 0.602. The maximum absolute atomic E-state index is 4.92. The highest BCUT2D eigenvalue weighted by Gasteiger charge is 2.19. The number of rotatable bonds is 2. The van der Waals surface area contributed by atoms with E-state index in [1.807, 2.05) is 11.7 Å². The molecule has 0 atom stereocenters. The number of imidazole rings is 1. The van der Waals surface area contributed by atoms with Gasteiger partial charge in [-0.1, -0.05) is 17.4 Å². The van der Waals surface area contributed by atoms with Crippen molar-refractivity contribution in [1.82, 2.24) is 24.5 Å². The van der Waals surface area contributed by atoms with Crippen LogP contribution in [0.25, 0.3) is 26.3 Å². The van der Waals surface area contributed by atoms with Crippen molar-refractivity contribution in [3.05, 3.63) is 42.0 Å². The fraction of sp³-hybridized carbons (Fsp3) is 0.368. The van der Waals surface area contributed by atoms with Gasteiger partial charge in [0.15, 0.2) is 4.96 Å². The molecule has 6 heteroatoms. The molecule has 5 rings (SSSR count). The highest BCUT2D eigenvalue weighted by molar-refractivity contribution is 7.20. The molecule has 4 aromatic rings. The first-order valence-corrected chi connectivity index (χ1v) is 9.63. The highest BCUT2D eigenvalue weighted by atomic mass is 32.1. The summed E-state index contributed by atoms with van der Waals surface area (Å²) < 4.78 is 4.08. The second-order valence-electron chi connectivity index (χ2n) is 6.95. The van der Waals surface area contributed by atoms with Gasteiger partial charge in [0.05, 0.1) is 16.1 Å². The lowest BCUT2D eigenvalue weighted by atomic mass is 9.95. The highest BCUT2D eigenvalue weighted by Crippen LogP contribution is 2.35. The average Bonchev–Trinajstić information content (AvgIpc) is 3.28. The van der Waals surface area contributed by atoms with Gasteiger partial charge in [-0.3, -0.25) is 9.08 Å². The molecule has 1 aliphatic heterocycles. The van der Waals surface area contributed by atoms with Crippen molar-refractivity contribution < 1.29 is 0 Å². The molecule has 1 aromatic carbocycles. The molecule has 0 bridgehead atoms. The van der Waals surface area contributed by atoms with Crippen molar-refractivity contribution in [2.45, 2.75) is 25.7 Å². The van der Waals surface area contributed by atoms with E-state index in [4.69, 9.17) is 4.98 Å². The van der Waals surface area contributed by atoms with Crippen molar-refractivity contribution >= 4 is 27.2 Å². The van der Waals surface area contributed by atoms with Crippen molar-refractivity contribution in [1.29, 1.82) is 0 Å². The molecular formula is C19H21N5S. The van der Waals surface area contributed by atoms with Gasteiger partial charge >= 0.3 is 0 Å². The average molecular weight is 351 g/mol. The van der Waals surface area contributed by atoms with E-state index in [1.165, 1.54) is 39.9 Å². The molecule has 1 saturated heterocycles. The van der Waals surface area contributed by atoms with Crippen LogP contribution in [0.4, 0.5) is 0 Å². The van der Waals surface area contributed by atoms with Crippen LogP contribution in [0, 0.1) is 6.92 Å². The lowest BCUT2D eigenvalue weighted by Crippen LogP contribution is -2.26. The van der Waals surface area contributed by atoms with Crippen molar-refractivity contribution in [2.75, 3.05) is 13.1 Å². The maximum Gasteiger partial charge on any atom is 0.194 e. The number of fused-ring (bicyclic) bond motifs is 2. The standard InChI is InChI=1S/C19H21N5S/c1-12-14(3-4-16-15(12)9-23(2)22-16)18-11-24-10-17(21-19(24)25-18)13-5-7-20-8-6-13/h3-4,9-11,13,20H,5-8H2,1-2H3. The maximum atomic E-state index is 4.92. The van der Waals surface area contributed by atoms with E-state index >= 15 is 0 Å². The van der Waals surface area contributed by atoms with Gasteiger partial charge in [-0.2, -0.15) is 5.10 Å². The second kappa shape index (κ2) is 5.68. The van der Waals surface area contributed by atoms with Crippen LogP contribution in [-0.2, 0) is 7.05 Å². The van der Waals surface area contributed by atoms with E-state index in [2.05, 4.69) is 52.5 Å². The Morgan fingerprint density at radius 3 is 2.80 bits per heavy atom. The van der Waals surface area contributed by atoms with Crippen LogP contribution >= 0.6 is 11.3 Å². The summed E-state index contributed by atoms with van der Waals surface area (Å²) in [5.41, 5.74) is 4.87. The summed E-state index contributed by atoms with van der Waals surface area (Å²) in [5.74, 6) is 0.602. The second-order valence-corrected chi connectivity index (χ2v) is 7.96. The fourth-order valence-corrected chi connectivity index (χ4v) is 4.93. The number of nitrogens with one attached hydrogen (secondary N) is 1. The third kappa shape index (κ3) is 2.48. The summed E-state index contributed by atoms with van der Waals surface area (Å²) in [4.78, 5) is 7.27. The van der Waals surface area contributed by atoms with Crippen LogP contribution < -0.4 is 5.32 Å². The van der Waals surface area contributed by atoms with E-state index < -0.39 is 0 Å². The third-order valence-electron chi connectivity index (χ3n) is 5.27. The predicted molar refractivity (Wildman–Crippen MR) is 102 cm³/mol. The molecule has 0 spiro atoms. The first kappa shape index (κ1) is 15.1. The summed E-state index contributed by atoms with van der Waals surface area (Å²) in [6.45, 7) is 4.39. The molecule has 4 heterocycles. The third-order valence-corrected chi connectivity index (χ3v) is 6.30. The quantitative estimate of drug-likeness (QED) is 0.599. The summed E-state index contributed by atoms with van der Waals surface area (Å²) in [6, 6.07) is 4.30. The minimum Gasteiger partial charge on any atom is -0.317 e. The van der Waals surface area contributed by atoms with Gasteiger partial charge < -0.3 is 5.32 Å². The van der Waals surface area contributed by atoms with Gasteiger partial charge in [-0.25, -0.2) is 4.98 Å². The molecule has 0 unspecified atom stereocenters. The Balaban J connectivity index is 1.55. The van der Waals surface area contributed by atoms with Crippen molar-refractivity contribution in [2.24, 2.45) is 7.05 Å². The van der Waals surface area contributed by atoms with Gasteiger partial charge in [0.25, 0.3) is 0 Å². The summed E-state index contributed by atoms with van der Waals surface area (Å²) in [7, 11) is 1.97. The van der Waals surface area contributed by atoms with E-state index in [0.717, 1.165) is 23.6 Å². The van der Waals surface area contributed by atoms with Crippen LogP contribution in [-0.4, -0.2) is 32.3 Å². The first-order chi connectivity index (χ1) is 12.2. The van der Waals surface area contributed by atoms with Crippen LogP contribution in [0.5, 0.6) is 0 Å². The van der Waals surface area contributed by atoms with E-state index in [1.54, 1.807) is 11.3 Å². The number of thiazole rings is 1. The topological polar surface area (TPSA) is 47.1 Å². The molecule has 0 saturated carbocycles. The number of hydrogen-bond acceptors (Lipinski definition) is 4. The SMILES string of the molecule is Cc1c(-c2cn3cc(C4CCNCC4)nc3s2)ccc2nn(C)cc12. The molecule has 0 radical (unpaired) electrons. The molecule has 1 N–H and O–H groups in total. The molecule has 0 aliphatic carbocycles. The van der Waals surface area contributed by atoms with Crippen LogP contribution in [0.3, 0.4) is 0 Å². The van der Waals surface area contributed by atoms with Crippen molar-refractivity contribution in [3.63, 3.8) is 0 Å². The Kier molecular flexibility index (Phi) is 3.43. The van der Waals surface area contributed by atoms with E-state index in [0.29, 0.717) is 5.92 Å². The molecule has 128 valence electrons. The smallest absolute Gasteiger partial charge is 0.194 e. The number of hydrogen-bond donors (Lipinski definition) is 1. The predicted octanol–water partition coefficient (Wildman–Crippen LogP) is 3.72. The van der Waals surface area contributed by atoms with Crippen LogP contribution in [0.2, 0.25) is 0 Å². The van der Waals surface area contributed by atoms with Crippen LogP contribution in [0.1, 0.15) is 30.0 Å². The first-order valence-electron chi connectivity index (χ1n) is 8.81. The largest absolute Gasteiger partial charge is 0.317 e. The lowest BCUT2D eigenvalue weighted by molar-refractivity contribution is 0.454. The van der Waals surface area contributed by atoms with Crippen LogP contribution in [0.15, 0.2) is 30.7 Å². The molecule has 1 aliphatic rings. The Labute approximate surface area is 150 Å². The number of benzene rings is 1. The molecule has 25 heavy (non-hydrogen) atoms. The molecular weight excluding hydrogens is 330 g/mol. The normalized spacial score (nSPS) is 16.2. The molecule has 3 aromatic heterocycles. The van der Waals surface area contributed by atoms with E-state index in [9.17, 15) is 0 Å². The lowest BCUT2D eigenvalue weighted by Gasteiger charge is -2.20. The van der Waals surface area contributed by atoms with Gasteiger partial charge in [0, 0.05) is 36.9 Å². The Bertz CT molecular complexity index is 1030. The Morgan fingerprint density at radius 2 is 2.00 bits per heavy atom. The molecule has 5 nitrogen and oxygen atoms in total. The van der Waals surface area contributed by atoms with Crippen molar-refractivity contribution in [3.8, 4) is 10.4 Å². The fourth-order valence-electron chi connectivity index (χ4n) is 3.87.